The molecule has 1 saturated carbocycles. The summed E-state index contributed by atoms with van der Waals surface area (Å²) in [5, 5.41) is 0. The van der Waals surface area contributed by atoms with E-state index < -0.39 is 0 Å². The molecule has 0 aromatic heterocycles. The molecule has 112 valence electrons. The lowest BCUT2D eigenvalue weighted by Crippen LogP contribution is -2.28. The van der Waals surface area contributed by atoms with Gasteiger partial charge in [-0.2, -0.15) is 0 Å². The van der Waals surface area contributed by atoms with E-state index >= 15 is 0 Å². The standard InChI is InChI=1S/C17H25ClO2/c1-4-19-17-10-14(11-18)5-6-16(17)20-15-8-12(2)7-13(3)9-15/h5-6,10,12-13,15H,4,7-9,11H2,1-3H3. The van der Waals surface area contributed by atoms with Crippen molar-refractivity contribution in [1.29, 1.82) is 0 Å². The number of ether oxygens (including phenoxy) is 2. The maximum Gasteiger partial charge on any atom is 0.161 e. The summed E-state index contributed by atoms with van der Waals surface area (Å²) in [7, 11) is 0. The van der Waals surface area contributed by atoms with Gasteiger partial charge >= 0.3 is 0 Å². The average Bonchev–Trinajstić information content (AvgIpc) is 2.40. The first-order chi connectivity index (χ1) is 9.62. The molecule has 0 heterocycles. The van der Waals surface area contributed by atoms with E-state index in [1.807, 2.05) is 25.1 Å². The number of halogens is 1. The van der Waals surface area contributed by atoms with Crippen molar-refractivity contribution in [2.24, 2.45) is 11.8 Å². The SMILES string of the molecule is CCOc1cc(CCl)ccc1OC1CC(C)CC(C)C1. The lowest BCUT2D eigenvalue weighted by atomic mass is 9.82. The van der Waals surface area contributed by atoms with Crippen molar-refractivity contribution in [2.45, 2.75) is 52.0 Å². The molecule has 3 heteroatoms. The summed E-state index contributed by atoms with van der Waals surface area (Å²) in [5.41, 5.74) is 1.06. The molecule has 0 N–H and O–H groups in total. The normalized spacial score (nSPS) is 26.3. The monoisotopic (exact) mass is 296 g/mol. The predicted octanol–water partition coefficient (Wildman–Crippen LogP) is 5.03. The van der Waals surface area contributed by atoms with Crippen LogP contribution in [0.4, 0.5) is 0 Å². The third-order valence-corrected chi connectivity index (χ3v) is 4.20. The zero-order chi connectivity index (χ0) is 14.5. The summed E-state index contributed by atoms with van der Waals surface area (Å²) in [6.07, 6.45) is 3.87. The maximum atomic E-state index is 6.21. The predicted molar refractivity (Wildman–Crippen MR) is 83.8 cm³/mol. The maximum absolute atomic E-state index is 6.21. The minimum atomic E-state index is 0.301. The number of rotatable bonds is 5. The molecule has 2 unspecified atom stereocenters. The third kappa shape index (κ3) is 4.05. The molecular formula is C17H25ClO2. The van der Waals surface area contributed by atoms with E-state index in [0.717, 1.165) is 41.7 Å². The summed E-state index contributed by atoms with van der Waals surface area (Å²) < 4.78 is 11.9. The zero-order valence-electron chi connectivity index (χ0n) is 12.7. The summed E-state index contributed by atoms with van der Waals surface area (Å²) in [6.45, 7) is 7.25. The minimum Gasteiger partial charge on any atom is -0.490 e. The molecule has 0 amide bonds. The van der Waals surface area contributed by atoms with E-state index in [4.69, 9.17) is 21.1 Å². The second-order valence-electron chi connectivity index (χ2n) is 6.01. The van der Waals surface area contributed by atoms with Gasteiger partial charge in [-0.1, -0.05) is 19.9 Å². The lowest BCUT2D eigenvalue weighted by molar-refractivity contribution is 0.0971. The van der Waals surface area contributed by atoms with Gasteiger partial charge in [0.25, 0.3) is 0 Å². The molecule has 0 spiro atoms. The van der Waals surface area contributed by atoms with E-state index in [1.54, 1.807) is 0 Å². The Bertz CT molecular complexity index is 423. The molecular weight excluding hydrogens is 272 g/mol. The van der Waals surface area contributed by atoms with Crippen molar-refractivity contribution in [3.63, 3.8) is 0 Å². The van der Waals surface area contributed by atoms with Crippen LogP contribution in [0.15, 0.2) is 18.2 Å². The highest BCUT2D eigenvalue weighted by molar-refractivity contribution is 6.17. The topological polar surface area (TPSA) is 18.5 Å². The highest BCUT2D eigenvalue weighted by Crippen LogP contribution is 2.35. The van der Waals surface area contributed by atoms with Crippen LogP contribution in [0.2, 0.25) is 0 Å². The van der Waals surface area contributed by atoms with Crippen LogP contribution in [0.5, 0.6) is 11.5 Å². The molecule has 0 saturated heterocycles. The van der Waals surface area contributed by atoms with Crippen LogP contribution < -0.4 is 9.47 Å². The van der Waals surface area contributed by atoms with Gasteiger partial charge in [-0.25, -0.2) is 0 Å². The lowest BCUT2D eigenvalue weighted by Gasteiger charge is -2.32. The Labute approximate surface area is 127 Å². The molecule has 1 aromatic rings. The van der Waals surface area contributed by atoms with Crippen molar-refractivity contribution in [2.75, 3.05) is 6.61 Å². The Morgan fingerprint density at radius 3 is 2.40 bits per heavy atom. The Balaban J connectivity index is 2.11. The smallest absolute Gasteiger partial charge is 0.161 e. The highest BCUT2D eigenvalue weighted by atomic mass is 35.5. The molecule has 2 rings (SSSR count). The highest BCUT2D eigenvalue weighted by Gasteiger charge is 2.26. The Morgan fingerprint density at radius 2 is 1.80 bits per heavy atom. The van der Waals surface area contributed by atoms with Crippen molar-refractivity contribution < 1.29 is 9.47 Å². The molecule has 1 aromatic carbocycles. The van der Waals surface area contributed by atoms with Gasteiger partial charge in [0.05, 0.1) is 12.7 Å². The van der Waals surface area contributed by atoms with Crippen LogP contribution in [0.1, 0.15) is 45.6 Å². The Kier molecular flexibility index (Phi) is 5.59. The molecule has 2 nitrogen and oxygen atoms in total. The van der Waals surface area contributed by atoms with Crippen LogP contribution in [0.25, 0.3) is 0 Å². The molecule has 0 aliphatic heterocycles. The van der Waals surface area contributed by atoms with Crippen molar-refractivity contribution in [3.05, 3.63) is 23.8 Å². The van der Waals surface area contributed by atoms with Gasteiger partial charge in [0.1, 0.15) is 0 Å². The van der Waals surface area contributed by atoms with Crippen LogP contribution in [0.3, 0.4) is 0 Å². The summed E-state index contributed by atoms with van der Waals surface area (Å²) >= 11 is 5.89. The van der Waals surface area contributed by atoms with E-state index in [-0.39, 0.29) is 0 Å². The van der Waals surface area contributed by atoms with Gasteiger partial charge in [0.15, 0.2) is 11.5 Å². The second kappa shape index (κ2) is 7.21. The van der Waals surface area contributed by atoms with Crippen LogP contribution in [-0.4, -0.2) is 12.7 Å². The molecule has 0 bridgehead atoms. The van der Waals surface area contributed by atoms with Gasteiger partial charge in [0, 0.05) is 5.88 Å². The first-order valence-electron chi connectivity index (χ1n) is 7.60. The zero-order valence-corrected chi connectivity index (χ0v) is 13.5. The molecule has 1 aliphatic rings. The summed E-state index contributed by atoms with van der Waals surface area (Å²) in [5.74, 6) is 3.64. The van der Waals surface area contributed by atoms with E-state index in [0.29, 0.717) is 18.6 Å². The molecule has 0 radical (unpaired) electrons. The summed E-state index contributed by atoms with van der Waals surface area (Å²) in [4.78, 5) is 0. The van der Waals surface area contributed by atoms with Crippen molar-refractivity contribution >= 4 is 11.6 Å². The minimum absolute atomic E-state index is 0.301. The van der Waals surface area contributed by atoms with E-state index in [1.165, 1.54) is 6.42 Å². The number of alkyl halides is 1. The number of benzene rings is 1. The van der Waals surface area contributed by atoms with E-state index in [2.05, 4.69) is 13.8 Å². The van der Waals surface area contributed by atoms with Crippen LogP contribution in [-0.2, 0) is 5.88 Å². The largest absolute Gasteiger partial charge is 0.490 e. The van der Waals surface area contributed by atoms with E-state index in [9.17, 15) is 0 Å². The van der Waals surface area contributed by atoms with Gasteiger partial charge in [-0.05, 0) is 55.7 Å². The van der Waals surface area contributed by atoms with Crippen LogP contribution >= 0.6 is 11.6 Å². The Hall–Kier alpha value is -0.890. The fourth-order valence-corrected chi connectivity index (χ4v) is 3.32. The summed E-state index contributed by atoms with van der Waals surface area (Å²) in [6, 6.07) is 5.99. The van der Waals surface area contributed by atoms with Crippen molar-refractivity contribution in [1.82, 2.24) is 0 Å². The molecule has 20 heavy (non-hydrogen) atoms. The number of hydrogen-bond donors (Lipinski definition) is 0. The first-order valence-corrected chi connectivity index (χ1v) is 8.14. The third-order valence-electron chi connectivity index (χ3n) is 3.89. The van der Waals surface area contributed by atoms with Gasteiger partial charge < -0.3 is 9.47 Å². The van der Waals surface area contributed by atoms with Gasteiger partial charge in [-0.3, -0.25) is 0 Å². The second-order valence-corrected chi connectivity index (χ2v) is 6.27. The number of hydrogen-bond acceptors (Lipinski definition) is 2. The average molecular weight is 297 g/mol. The quantitative estimate of drug-likeness (QED) is 0.710. The molecule has 1 fully saturated rings. The first kappa shape index (κ1) is 15.5. The van der Waals surface area contributed by atoms with Crippen molar-refractivity contribution in [3.8, 4) is 11.5 Å². The van der Waals surface area contributed by atoms with Crippen LogP contribution in [0, 0.1) is 11.8 Å². The molecule has 2 atom stereocenters. The molecule has 1 aliphatic carbocycles. The van der Waals surface area contributed by atoms with Gasteiger partial charge in [0.2, 0.25) is 0 Å². The Morgan fingerprint density at radius 1 is 1.10 bits per heavy atom. The fraction of sp³-hybridized carbons (Fsp3) is 0.647. The fourth-order valence-electron chi connectivity index (χ4n) is 3.15. The van der Waals surface area contributed by atoms with Gasteiger partial charge in [-0.15, -0.1) is 11.6 Å².